The smallest absolute Gasteiger partial charge is 0.366 e. The van der Waals surface area contributed by atoms with Crippen molar-refractivity contribution in [3.63, 3.8) is 0 Å². The Morgan fingerprint density at radius 3 is 2.62 bits per heavy atom. The largest absolute Gasteiger partial charge is 0.453 e. The number of nitrogens with one attached hydrogen (secondary N) is 1. The molecule has 0 saturated carbocycles. The zero-order chi connectivity index (χ0) is 15.0. The summed E-state index contributed by atoms with van der Waals surface area (Å²) in [6, 6.07) is 3.06. The number of anilines is 1. The molecule has 21 heavy (non-hydrogen) atoms. The van der Waals surface area contributed by atoms with Crippen LogP contribution in [0.5, 0.6) is 0 Å². The highest BCUT2D eigenvalue weighted by atomic mass is 32.2. The summed E-state index contributed by atoms with van der Waals surface area (Å²) in [6.07, 6.45) is -3.19. The average molecular weight is 319 g/mol. The molecule has 0 aromatic carbocycles. The first-order valence-corrected chi connectivity index (χ1v) is 7.83. The number of rotatable bonds is 2. The molecule has 1 saturated heterocycles. The van der Waals surface area contributed by atoms with Gasteiger partial charge in [-0.05, 0) is 25.0 Å². The number of halogens is 3. The van der Waals surface area contributed by atoms with Gasteiger partial charge in [-0.2, -0.15) is 17.7 Å². The summed E-state index contributed by atoms with van der Waals surface area (Å²) in [5.74, 6) is 0.372. The van der Waals surface area contributed by atoms with Crippen LogP contribution in [0.25, 0.3) is 5.65 Å². The van der Waals surface area contributed by atoms with E-state index in [1.165, 1.54) is 6.07 Å². The van der Waals surface area contributed by atoms with Crippen molar-refractivity contribution in [3.05, 3.63) is 18.0 Å². The zero-order valence-electron chi connectivity index (χ0n) is 10.8. The molecular formula is C11H12F3N5OS. The zero-order valence-corrected chi connectivity index (χ0v) is 11.6. The molecule has 0 atom stereocenters. The van der Waals surface area contributed by atoms with E-state index >= 15 is 0 Å². The third-order valence-electron chi connectivity index (χ3n) is 3.26. The number of fused-ring (bicyclic) bond motifs is 1. The summed E-state index contributed by atoms with van der Waals surface area (Å²) >= 11 is 0. The Hall–Kier alpha value is -1.71. The van der Waals surface area contributed by atoms with Gasteiger partial charge in [-0.1, -0.05) is 0 Å². The third kappa shape index (κ3) is 2.99. The van der Waals surface area contributed by atoms with Crippen molar-refractivity contribution in [3.8, 4) is 0 Å². The third-order valence-corrected chi connectivity index (χ3v) is 4.64. The molecule has 0 amide bonds. The first-order valence-electron chi connectivity index (χ1n) is 6.34. The van der Waals surface area contributed by atoms with Crippen LogP contribution in [-0.2, 0) is 17.0 Å². The summed E-state index contributed by atoms with van der Waals surface area (Å²) in [5.41, 5.74) is 0.0395. The van der Waals surface area contributed by atoms with Crippen LogP contribution in [0.2, 0.25) is 0 Å². The molecule has 1 aliphatic heterocycles. The van der Waals surface area contributed by atoms with E-state index < -0.39 is 22.8 Å². The number of aromatic nitrogens is 4. The van der Waals surface area contributed by atoms with E-state index in [1.54, 1.807) is 6.07 Å². The van der Waals surface area contributed by atoms with Crippen molar-refractivity contribution in [1.29, 1.82) is 0 Å². The second kappa shape index (κ2) is 5.24. The van der Waals surface area contributed by atoms with Gasteiger partial charge in [-0.25, -0.2) is 0 Å². The van der Waals surface area contributed by atoms with Crippen molar-refractivity contribution < 1.29 is 17.4 Å². The number of alkyl halides is 3. The van der Waals surface area contributed by atoms with Gasteiger partial charge in [-0.15, -0.1) is 15.3 Å². The number of nitrogens with zero attached hydrogens (tertiary/aromatic N) is 4. The Morgan fingerprint density at radius 2 is 1.95 bits per heavy atom. The van der Waals surface area contributed by atoms with Crippen LogP contribution in [0, 0.1) is 0 Å². The lowest BCUT2D eigenvalue weighted by molar-refractivity contribution is -0.146. The van der Waals surface area contributed by atoms with E-state index in [0.29, 0.717) is 34.7 Å². The molecule has 3 rings (SSSR count). The first-order chi connectivity index (χ1) is 9.93. The van der Waals surface area contributed by atoms with E-state index in [2.05, 4.69) is 20.6 Å². The highest BCUT2D eigenvalue weighted by Gasteiger charge is 2.37. The van der Waals surface area contributed by atoms with Gasteiger partial charge >= 0.3 is 6.18 Å². The minimum Gasteiger partial charge on any atom is -0.366 e. The summed E-state index contributed by atoms with van der Waals surface area (Å²) in [6.45, 7) is 0. The van der Waals surface area contributed by atoms with Gasteiger partial charge in [0, 0.05) is 28.3 Å². The van der Waals surface area contributed by atoms with Gasteiger partial charge in [0.05, 0.1) is 0 Å². The quantitative estimate of drug-likeness (QED) is 0.907. The van der Waals surface area contributed by atoms with Crippen molar-refractivity contribution in [2.45, 2.75) is 25.1 Å². The van der Waals surface area contributed by atoms with Gasteiger partial charge in [0.2, 0.25) is 0 Å². The van der Waals surface area contributed by atoms with Gasteiger partial charge in [0.15, 0.2) is 5.65 Å². The molecule has 10 heteroatoms. The van der Waals surface area contributed by atoms with Crippen LogP contribution in [0.3, 0.4) is 0 Å². The van der Waals surface area contributed by atoms with E-state index in [9.17, 15) is 17.4 Å². The van der Waals surface area contributed by atoms with E-state index in [1.807, 2.05) is 0 Å². The maximum Gasteiger partial charge on any atom is 0.453 e. The van der Waals surface area contributed by atoms with Crippen LogP contribution < -0.4 is 5.32 Å². The standard InChI is InChI=1S/C11H12F3N5OS/c12-11(13,14)10-17-16-9-2-1-8(18-19(9)10)15-7-3-5-21(20)6-4-7/h1-2,7H,3-6H2,(H,15,18). The second-order valence-corrected chi connectivity index (χ2v) is 6.47. The highest BCUT2D eigenvalue weighted by Crippen LogP contribution is 2.27. The van der Waals surface area contributed by atoms with E-state index in [0.717, 1.165) is 0 Å². The molecule has 2 aromatic rings. The molecule has 0 bridgehead atoms. The number of hydrogen-bond donors (Lipinski definition) is 1. The predicted octanol–water partition coefficient (Wildman–Crippen LogP) is 1.47. The predicted molar refractivity (Wildman–Crippen MR) is 70.3 cm³/mol. The fourth-order valence-electron chi connectivity index (χ4n) is 2.19. The van der Waals surface area contributed by atoms with Crippen molar-refractivity contribution in [2.24, 2.45) is 0 Å². The average Bonchev–Trinajstić information content (AvgIpc) is 2.84. The van der Waals surface area contributed by atoms with Crippen molar-refractivity contribution in [2.75, 3.05) is 16.8 Å². The Bertz CT molecular complexity index is 676. The summed E-state index contributed by atoms with van der Waals surface area (Å²) in [5, 5.41) is 13.5. The minimum atomic E-state index is -4.60. The molecular weight excluding hydrogens is 307 g/mol. The second-order valence-electron chi connectivity index (χ2n) is 4.78. The van der Waals surface area contributed by atoms with Gasteiger partial charge in [0.1, 0.15) is 5.82 Å². The molecule has 6 nitrogen and oxygen atoms in total. The van der Waals surface area contributed by atoms with Crippen LogP contribution in [0.15, 0.2) is 12.1 Å². The Morgan fingerprint density at radius 1 is 1.24 bits per heavy atom. The minimum absolute atomic E-state index is 0.0395. The summed E-state index contributed by atoms with van der Waals surface area (Å²) in [4.78, 5) is 0. The lowest BCUT2D eigenvalue weighted by Crippen LogP contribution is -2.30. The molecule has 3 heterocycles. The van der Waals surface area contributed by atoms with Crippen LogP contribution in [0.1, 0.15) is 18.7 Å². The maximum atomic E-state index is 12.8. The lowest BCUT2D eigenvalue weighted by Gasteiger charge is -2.22. The summed E-state index contributed by atoms with van der Waals surface area (Å²) < 4.78 is 50.3. The topological polar surface area (TPSA) is 72.2 Å². The van der Waals surface area contributed by atoms with Gasteiger partial charge in [0.25, 0.3) is 5.82 Å². The Balaban J connectivity index is 1.85. The van der Waals surface area contributed by atoms with Gasteiger partial charge < -0.3 is 5.32 Å². The molecule has 0 spiro atoms. The first kappa shape index (κ1) is 14.2. The number of hydrogen-bond acceptors (Lipinski definition) is 5. The maximum absolute atomic E-state index is 12.8. The van der Waals surface area contributed by atoms with Crippen LogP contribution >= 0.6 is 0 Å². The van der Waals surface area contributed by atoms with Crippen LogP contribution in [0.4, 0.5) is 19.0 Å². The summed E-state index contributed by atoms with van der Waals surface area (Å²) in [7, 11) is -0.785. The van der Waals surface area contributed by atoms with E-state index in [4.69, 9.17) is 0 Å². The molecule has 1 aliphatic rings. The van der Waals surface area contributed by atoms with Crippen molar-refractivity contribution in [1.82, 2.24) is 19.8 Å². The molecule has 0 aliphatic carbocycles. The Labute approximate surface area is 120 Å². The van der Waals surface area contributed by atoms with E-state index in [-0.39, 0.29) is 11.7 Å². The molecule has 0 radical (unpaired) electrons. The highest BCUT2D eigenvalue weighted by molar-refractivity contribution is 7.85. The van der Waals surface area contributed by atoms with Gasteiger partial charge in [-0.3, -0.25) is 4.21 Å². The SMILES string of the molecule is O=S1CCC(Nc2ccc3nnc(C(F)(F)F)n3n2)CC1. The monoisotopic (exact) mass is 319 g/mol. The molecule has 2 aromatic heterocycles. The van der Waals surface area contributed by atoms with Crippen molar-refractivity contribution >= 4 is 22.3 Å². The lowest BCUT2D eigenvalue weighted by atomic mass is 10.1. The molecule has 1 fully saturated rings. The molecule has 0 unspecified atom stereocenters. The fraction of sp³-hybridized carbons (Fsp3) is 0.545. The molecule has 1 N–H and O–H groups in total. The molecule has 114 valence electrons. The van der Waals surface area contributed by atoms with Crippen LogP contribution in [-0.4, -0.2) is 41.6 Å². The normalized spacial score (nSPS) is 23.4. The fourth-order valence-corrected chi connectivity index (χ4v) is 3.49. The Kier molecular flexibility index (Phi) is 3.56.